The van der Waals surface area contributed by atoms with Gasteiger partial charge in [0, 0.05) is 30.1 Å². The van der Waals surface area contributed by atoms with E-state index >= 15 is 0 Å². The van der Waals surface area contributed by atoms with E-state index in [9.17, 15) is 13.2 Å². The summed E-state index contributed by atoms with van der Waals surface area (Å²) in [6.07, 6.45) is 2.98. The Morgan fingerprint density at radius 1 is 1.33 bits per heavy atom. The molecule has 0 spiro atoms. The highest BCUT2D eigenvalue weighted by atomic mass is 35.5. The van der Waals surface area contributed by atoms with Gasteiger partial charge in [0.15, 0.2) is 9.84 Å². The number of sulfone groups is 1. The zero-order valence-corrected chi connectivity index (χ0v) is 16.4. The van der Waals surface area contributed by atoms with Gasteiger partial charge in [-0.2, -0.15) is 0 Å². The lowest BCUT2D eigenvalue weighted by atomic mass is 10.2. The van der Waals surface area contributed by atoms with Crippen molar-refractivity contribution in [3.63, 3.8) is 0 Å². The van der Waals surface area contributed by atoms with Gasteiger partial charge in [-0.3, -0.25) is 10.1 Å². The number of hydrogen-bond acceptors (Lipinski definition) is 5. The minimum Gasteiger partial charge on any atom is -0.384 e. The molecule has 0 radical (unpaired) electrons. The lowest BCUT2D eigenvalue weighted by molar-refractivity contribution is 0.0976. The maximum atomic E-state index is 11.9. The second-order valence-corrected chi connectivity index (χ2v) is 6.84. The fraction of sp³-hybridized carbons (Fsp3) is 0.385. The number of halogens is 3. The van der Waals surface area contributed by atoms with Crippen LogP contribution >= 0.6 is 36.6 Å². The number of unbranched alkanes of at least 4 members (excludes halogenated alkanes) is 1. The monoisotopic (exact) mass is 418 g/mol. The van der Waals surface area contributed by atoms with Crippen LogP contribution in [0.1, 0.15) is 30.1 Å². The maximum absolute atomic E-state index is 11.9. The summed E-state index contributed by atoms with van der Waals surface area (Å²) in [7, 11) is -3.49. The van der Waals surface area contributed by atoms with Crippen molar-refractivity contribution in [2.75, 3.05) is 18.1 Å². The lowest BCUT2D eigenvalue weighted by Gasteiger charge is -2.12. The van der Waals surface area contributed by atoms with Gasteiger partial charge in [-0.25, -0.2) is 8.42 Å². The molecule has 7 nitrogen and oxygen atoms in total. The number of anilines is 1. The second-order valence-electron chi connectivity index (χ2n) is 4.69. The number of nitrogens with one attached hydrogen (secondary N) is 2. The first-order chi connectivity index (χ1) is 10.3. The summed E-state index contributed by atoms with van der Waals surface area (Å²) in [5.74, 6) is -0.857. The van der Waals surface area contributed by atoms with Crippen molar-refractivity contribution in [1.29, 1.82) is 0 Å². The molecule has 1 aromatic carbocycles. The highest BCUT2D eigenvalue weighted by molar-refractivity contribution is 7.90. The third kappa shape index (κ3) is 7.57. The predicted molar refractivity (Wildman–Crippen MR) is 102 cm³/mol. The average Bonchev–Trinajstić information content (AvgIpc) is 2.46. The molecule has 1 amide bonds. The number of rotatable bonds is 6. The molecule has 0 heterocycles. The van der Waals surface area contributed by atoms with Crippen LogP contribution in [0.5, 0.6) is 0 Å². The van der Waals surface area contributed by atoms with Crippen LogP contribution < -0.4 is 16.4 Å². The van der Waals surface area contributed by atoms with Gasteiger partial charge in [0.25, 0.3) is 5.91 Å². The number of carbonyl (C=O) groups is 1. The predicted octanol–water partition coefficient (Wildman–Crippen LogP) is 2.34. The van der Waals surface area contributed by atoms with Crippen molar-refractivity contribution in [2.24, 2.45) is 10.2 Å². The summed E-state index contributed by atoms with van der Waals surface area (Å²) in [5.41, 5.74) is 5.91. The highest BCUT2D eigenvalue weighted by Crippen LogP contribution is 2.23. The Hall–Kier alpha value is -1.22. The molecule has 0 aliphatic rings. The van der Waals surface area contributed by atoms with Gasteiger partial charge >= 0.3 is 0 Å². The molecular formula is C13H21Cl3N4O3S. The molecule has 24 heavy (non-hydrogen) atoms. The van der Waals surface area contributed by atoms with Gasteiger partial charge in [-0.05, 0) is 24.6 Å². The first-order valence-electron chi connectivity index (χ1n) is 6.63. The number of amides is 1. The molecule has 0 atom stereocenters. The van der Waals surface area contributed by atoms with E-state index < -0.39 is 15.7 Å². The molecule has 0 aliphatic carbocycles. The molecule has 138 valence electrons. The molecule has 0 saturated heterocycles. The van der Waals surface area contributed by atoms with Crippen LogP contribution in [0.25, 0.3) is 0 Å². The van der Waals surface area contributed by atoms with E-state index in [4.69, 9.17) is 17.5 Å². The molecular weight excluding hydrogens is 399 g/mol. The van der Waals surface area contributed by atoms with Gasteiger partial charge in [0.1, 0.15) is 0 Å². The third-order valence-electron chi connectivity index (χ3n) is 2.82. The number of guanidine groups is 1. The topological polar surface area (TPSA) is 114 Å². The normalized spacial score (nSPS) is 11.0. The number of benzene rings is 1. The van der Waals surface area contributed by atoms with Gasteiger partial charge in [-0.15, -0.1) is 29.3 Å². The Labute approximate surface area is 159 Å². The summed E-state index contributed by atoms with van der Waals surface area (Å²) in [5, 5.41) is 5.30. The van der Waals surface area contributed by atoms with Crippen LogP contribution in [-0.4, -0.2) is 33.1 Å². The first kappa shape index (κ1) is 25.0. The Morgan fingerprint density at radius 3 is 2.46 bits per heavy atom. The van der Waals surface area contributed by atoms with E-state index in [1.807, 2.05) is 6.92 Å². The van der Waals surface area contributed by atoms with Crippen LogP contribution in [0.2, 0.25) is 0 Å². The fourth-order valence-corrected chi connectivity index (χ4v) is 2.65. The molecule has 0 aromatic heterocycles. The summed E-state index contributed by atoms with van der Waals surface area (Å²) >= 11 is 5.13. The van der Waals surface area contributed by atoms with Crippen LogP contribution in [0.15, 0.2) is 27.6 Å². The highest BCUT2D eigenvalue weighted by Gasteiger charge is 2.17. The van der Waals surface area contributed by atoms with Crippen molar-refractivity contribution in [3.05, 3.63) is 23.8 Å². The van der Waals surface area contributed by atoms with Crippen LogP contribution in [0.4, 0.5) is 5.69 Å². The molecule has 4 N–H and O–H groups in total. The average molecular weight is 420 g/mol. The first-order valence-corrected chi connectivity index (χ1v) is 8.86. The number of carbonyl (C=O) groups excluding carboxylic acids is 1. The minimum atomic E-state index is -3.49. The largest absolute Gasteiger partial charge is 0.384 e. The zero-order chi connectivity index (χ0) is 16.8. The van der Waals surface area contributed by atoms with Gasteiger partial charge in [0.05, 0.1) is 10.6 Å². The fourth-order valence-electron chi connectivity index (χ4n) is 1.73. The molecule has 0 bridgehead atoms. The molecule has 0 unspecified atom stereocenters. The van der Waals surface area contributed by atoms with Crippen molar-refractivity contribution >= 4 is 64.0 Å². The Balaban J connectivity index is 0. The maximum Gasteiger partial charge on any atom is 0.258 e. The molecule has 1 rings (SSSR count). The van der Waals surface area contributed by atoms with Crippen LogP contribution in [0, 0.1) is 0 Å². The van der Waals surface area contributed by atoms with E-state index in [0.717, 1.165) is 19.1 Å². The summed E-state index contributed by atoms with van der Waals surface area (Å²) < 4.78 is 26.9. The van der Waals surface area contributed by atoms with Crippen LogP contribution in [0.3, 0.4) is 0 Å². The molecule has 11 heteroatoms. The number of nitrogens with two attached hydrogens (primary N) is 1. The third-order valence-corrected chi connectivity index (χ3v) is 4.14. The zero-order valence-electron chi connectivity index (χ0n) is 13.2. The van der Waals surface area contributed by atoms with E-state index in [0.29, 0.717) is 12.2 Å². The van der Waals surface area contributed by atoms with Crippen molar-refractivity contribution in [1.82, 2.24) is 5.32 Å². The van der Waals surface area contributed by atoms with E-state index in [2.05, 4.69) is 15.1 Å². The quantitative estimate of drug-likeness (QED) is 0.372. The molecule has 0 aliphatic heterocycles. The SMILES string of the molecule is CCCCNc1ccc(C(=O)N/C(N)=N\Cl)cc1S(C)(=O)=O.Cl.Cl. The molecule has 1 aromatic rings. The molecule has 0 saturated carbocycles. The van der Waals surface area contributed by atoms with Gasteiger partial charge in [0.2, 0.25) is 5.96 Å². The minimum absolute atomic E-state index is 0. The van der Waals surface area contributed by atoms with E-state index in [-0.39, 0.29) is 41.2 Å². The summed E-state index contributed by atoms with van der Waals surface area (Å²) in [6, 6.07) is 4.34. The number of nitrogens with zero attached hydrogens (tertiary/aromatic N) is 1. The van der Waals surface area contributed by atoms with Crippen LogP contribution in [-0.2, 0) is 9.84 Å². The Bertz CT molecular complexity index is 681. The van der Waals surface area contributed by atoms with Gasteiger partial charge in [-0.1, -0.05) is 13.3 Å². The van der Waals surface area contributed by atoms with Gasteiger partial charge < -0.3 is 11.1 Å². The van der Waals surface area contributed by atoms with Crippen molar-refractivity contribution < 1.29 is 13.2 Å². The Kier molecular flexibility index (Phi) is 11.8. The van der Waals surface area contributed by atoms with E-state index in [1.165, 1.54) is 12.1 Å². The second kappa shape index (κ2) is 11.4. The summed E-state index contributed by atoms with van der Waals surface area (Å²) in [4.78, 5) is 12.0. The Morgan fingerprint density at radius 2 is 1.96 bits per heavy atom. The lowest BCUT2D eigenvalue weighted by Crippen LogP contribution is -2.36. The smallest absolute Gasteiger partial charge is 0.258 e. The molecule has 0 fully saturated rings. The number of hydrogen-bond donors (Lipinski definition) is 3. The summed E-state index contributed by atoms with van der Waals surface area (Å²) in [6.45, 7) is 2.69. The van der Waals surface area contributed by atoms with Crippen molar-refractivity contribution in [3.8, 4) is 0 Å². The standard InChI is InChI=1S/C13H19ClN4O3S.2ClH/c1-3-4-7-16-10-6-5-9(8-11(10)22(2,20)21)12(19)17-13(15)18-14;;/h5-6,8,16H,3-4,7H2,1-2H3,(H3,15,17,18,19);2*1H. The van der Waals surface area contributed by atoms with Crippen molar-refractivity contribution in [2.45, 2.75) is 24.7 Å². The van der Waals surface area contributed by atoms with E-state index in [1.54, 1.807) is 6.07 Å².